The van der Waals surface area contributed by atoms with Crippen LogP contribution in [0.25, 0.3) is 0 Å². The van der Waals surface area contributed by atoms with E-state index in [9.17, 15) is 4.79 Å². The molecule has 2 amide bonds. The molecule has 0 bridgehead atoms. The van der Waals surface area contributed by atoms with E-state index >= 15 is 0 Å². The van der Waals surface area contributed by atoms with Crippen molar-refractivity contribution in [1.29, 1.82) is 0 Å². The van der Waals surface area contributed by atoms with E-state index in [2.05, 4.69) is 22.8 Å². The Morgan fingerprint density at radius 1 is 0.720 bits per heavy atom. The highest BCUT2D eigenvalue weighted by molar-refractivity contribution is 5.99. The van der Waals surface area contributed by atoms with Gasteiger partial charge in [0.25, 0.3) is 0 Å². The quantitative estimate of drug-likeness (QED) is 0.671. The minimum Gasteiger partial charge on any atom is -0.493 e. The average molecular weight is 332 g/mol. The van der Waals surface area contributed by atoms with E-state index in [1.807, 2.05) is 72.8 Å². The van der Waals surface area contributed by atoms with Gasteiger partial charge in [-0.25, -0.2) is 4.79 Å². The van der Waals surface area contributed by atoms with E-state index in [1.165, 1.54) is 5.56 Å². The maximum atomic E-state index is 11.9. The van der Waals surface area contributed by atoms with E-state index in [0.717, 1.165) is 17.9 Å². The molecule has 0 radical (unpaired) electrons. The van der Waals surface area contributed by atoms with Gasteiger partial charge >= 0.3 is 6.03 Å². The molecular weight excluding hydrogens is 312 g/mol. The standard InChI is InChI=1S/C21H20N2O2/c24-21(22-18-9-5-2-6-10-18)23-19-11-13-20(14-12-19)25-16-15-17-7-3-1-4-8-17/h1-14H,15-16H2,(H2,22,23,24). The summed E-state index contributed by atoms with van der Waals surface area (Å²) in [6.45, 7) is 0.616. The summed E-state index contributed by atoms with van der Waals surface area (Å²) in [5, 5.41) is 5.57. The van der Waals surface area contributed by atoms with Gasteiger partial charge in [0.15, 0.2) is 0 Å². The number of nitrogens with one attached hydrogen (secondary N) is 2. The van der Waals surface area contributed by atoms with Crippen molar-refractivity contribution in [2.75, 3.05) is 17.2 Å². The summed E-state index contributed by atoms with van der Waals surface area (Å²) < 4.78 is 5.74. The number of hydrogen-bond acceptors (Lipinski definition) is 2. The molecule has 4 nitrogen and oxygen atoms in total. The number of hydrogen-bond donors (Lipinski definition) is 2. The number of para-hydroxylation sites is 1. The molecule has 0 aromatic heterocycles. The molecule has 0 fully saturated rings. The van der Waals surface area contributed by atoms with Gasteiger partial charge < -0.3 is 15.4 Å². The maximum Gasteiger partial charge on any atom is 0.323 e. The first-order chi connectivity index (χ1) is 12.3. The fraction of sp³-hybridized carbons (Fsp3) is 0.0952. The summed E-state index contributed by atoms with van der Waals surface area (Å²) in [7, 11) is 0. The van der Waals surface area contributed by atoms with Gasteiger partial charge in [-0.15, -0.1) is 0 Å². The van der Waals surface area contributed by atoms with Crippen LogP contribution >= 0.6 is 0 Å². The summed E-state index contributed by atoms with van der Waals surface area (Å²) in [5.74, 6) is 0.782. The van der Waals surface area contributed by atoms with E-state index in [-0.39, 0.29) is 6.03 Å². The molecule has 0 spiro atoms. The third-order valence-electron chi connectivity index (χ3n) is 3.65. The van der Waals surface area contributed by atoms with Crippen LogP contribution < -0.4 is 15.4 Å². The lowest BCUT2D eigenvalue weighted by Crippen LogP contribution is -2.19. The second-order valence-electron chi connectivity index (χ2n) is 5.55. The Morgan fingerprint density at radius 3 is 1.92 bits per heavy atom. The van der Waals surface area contributed by atoms with Crippen molar-refractivity contribution < 1.29 is 9.53 Å². The summed E-state index contributed by atoms with van der Waals surface area (Å²) in [5.41, 5.74) is 2.71. The molecule has 0 aliphatic rings. The molecule has 0 aliphatic heterocycles. The first-order valence-electron chi connectivity index (χ1n) is 8.19. The Labute approximate surface area is 147 Å². The number of amides is 2. The molecule has 0 saturated carbocycles. The van der Waals surface area contributed by atoms with Crippen molar-refractivity contribution in [3.8, 4) is 5.75 Å². The zero-order valence-electron chi connectivity index (χ0n) is 13.8. The lowest BCUT2D eigenvalue weighted by atomic mass is 10.2. The Bertz CT molecular complexity index is 787. The Kier molecular flexibility index (Phi) is 5.67. The maximum absolute atomic E-state index is 11.9. The van der Waals surface area contributed by atoms with Crippen LogP contribution in [-0.4, -0.2) is 12.6 Å². The highest BCUT2D eigenvalue weighted by atomic mass is 16.5. The van der Waals surface area contributed by atoms with Gasteiger partial charge in [-0.3, -0.25) is 0 Å². The molecule has 0 unspecified atom stereocenters. The predicted molar refractivity (Wildman–Crippen MR) is 101 cm³/mol. The van der Waals surface area contributed by atoms with Crippen LogP contribution in [0.5, 0.6) is 5.75 Å². The van der Waals surface area contributed by atoms with Crippen LogP contribution in [0, 0.1) is 0 Å². The van der Waals surface area contributed by atoms with Gasteiger partial charge in [0, 0.05) is 17.8 Å². The van der Waals surface area contributed by atoms with E-state index in [1.54, 1.807) is 0 Å². The lowest BCUT2D eigenvalue weighted by molar-refractivity contribution is 0.262. The van der Waals surface area contributed by atoms with Crippen LogP contribution in [-0.2, 0) is 6.42 Å². The third kappa shape index (κ3) is 5.39. The highest BCUT2D eigenvalue weighted by Gasteiger charge is 2.03. The molecule has 3 rings (SSSR count). The predicted octanol–water partition coefficient (Wildman–Crippen LogP) is 4.95. The molecule has 2 N–H and O–H groups in total. The molecular formula is C21H20N2O2. The van der Waals surface area contributed by atoms with Gasteiger partial charge in [0.1, 0.15) is 5.75 Å². The normalized spacial score (nSPS) is 10.1. The molecule has 25 heavy (non-hydrogen) atoms. The van der Waals surface area contributed by atoms with Crippen molar-refractivity contribution >= 4 is 17.4 Å². The van der Waals surface area contributed by atoms with Crippen molar-refractivity contribution in [1.82, 2.24) is 0 Å². The van der Waals surface area contributed by atoms with Crippen LogP contribution in [0.1, 0.15) is 5.56 Å². The third-order valence-corrected chi connectivity index (χ3v) is 3.65. The Hall–Kier alpha value is -3.27. The number of carbonyl (C=O) groups is 1. The summed E-state index contributed by atoms with van der Waals surface area (Å²) in [6.07, 6.45) is 0.861. The van der Waals surface area contributed by atoms with Crippen molar-refractivity contribution in [2.45, 2.75) is 6.42 Å². The van der Waals surface area contributed by atoms with E-state index in [0.29, 0.717) is 12.3 Å². The highest BCUT2D eigenvalue weighted by Crippen LogP contribution is 2.16. The number of urea groups is 1. The molecule has 0 heterocycles. The van der Waals surface area contributed by atoms with Gasteiger partial charge in [-0.2, -0.15) is 0 Å². The lowest BCUT2D eigenvalue weighted by Gasteiger charge is -2.09. The summed E-state index contributed by atoms with van der Waals surface area (Å²) in [4.78, 5) is 11.9. The van der Waals surface area contributed by atoms with E-state index in [4.69, 9.17) is 4.74 Å². The zero-order chi connectivity index (χ0) is 17.3. The summed E-state index contributed by atoms with van der Waals surface area (Å²) in [6, 6.07) is 26.6. The first-order valence-corrected chi connectivity index (χ1v) is 8.19. The van der Waals surface area contributed by atoms with Crippen LogP contribution in [0.2, 0.25) is 0 Å². The van der Waals surface area contributed by atoms with Crippen molar-refractivity contribution in [2.24, 2.45) is 0 Å². The second-order valence-corrected chi connectivity index (χ2v) is 5.55. The summed E-state index contributed by atoms with van der Waals surface area (Å²) >= 11 is 0. The van der Waals surface area contributed by atoms with Crippen molar-refractivity contribution in [3.05, 3.63) is 90.5 Å². The van der Waals surface area contributed by atoms with Gasteiger partial charge in [-0.1, -0.05) is 48.5 Å². The second kappa shape index (κ2) is 8.55. The number of rotatable bonds is 6. The Morgan fingerprint density at radius 2 is 1.28 bits per heavy atom. The topological polar surface area (TPSA) is 50.4 Å². The van der Waals surface area contributed by atoms with E-state index < -0.39 is 0 Å². The minimum absolute atomic E-state index is 0.274. The van der Waals surface area contributed by atoms with Gasteiger partial charge in [0.2, 0.25) is 0 Å². The van der Waals surface area contributed by atoms with Crippen LogP contribution in [0.15, 0.2) is 84.9 Å². The fourth-order valence-corrected chi connectivity index (χ4v) is 2.38. The average Bonchev–Trinajstić information content (AvgIpc) is 2.65. The smallest absolute Gasteiger partial charge is 0.323 e. The molecule has 3 aromatic rings. The van der Waals surface area contributed by atoms with Gasteiger partial charge in [0.05, 0.1) is 6.61 Å². The molecule has 126 valence electrons. The number of anilines is 2. The number of ether oxygens (including phenoxy) is 1. The number of benzene rings is 3. The molecule has 3 aromatic carbocycles. The minimum atomic E-state index is -0.274. The fourth-order valence-electron chi connectivity index (χ4n) is 2.38. The largest absolute Gasteiger partial charge is 0.493 e. The zero-order valence-corrected chi connectivity index (χ0v) is 13.8. The monoisotopic (exact) mass is 332 g/mol. The molecule has 0 saturated heterocycles. The van der Waals surface area contributed by atoms with Crippen LogP contribution in [0.3, 0.4) is 0 Å². The van der Waals surface area contributed by atoms with Gasteiger partial charge in [-0.05, 0) is 42.0 Å². The van der Waals surface area contributed by atoms with Crippen LogP contribution in [0.4, 0.5) is 16.2 Å². The molecule has 0 aliphatic carbocycles. The Balaban J connectivity index is 1.46. The number of carbonyl (C=O) groups excluding carboxylic acids is 1. The first kappa shape index (κ1) is 16.6. The van der Waals surface area contributed by atoms with Crippen molar-refractivity contribution in [3.63, 3.8) is 0 Å². The molecule has 4 heteroatoms. The SMILES string of the molecule is O=C(Nc1ccccc1)Nc1ccc(OCCc2ccccc2)cc1. The molecule has 0 atom stereocenters.